The predicted octanol–water partition coefficient (Wildman–Crippen LogP) is 1.79. The minimum absolute atomic E-state index is 0.0948. The van der Waals surface area contributed by atoms with Crippen molar-refractivity contribution < 1.29 is 9.63 Å². The SMILES string of the molecule is O=C(NCON1CCCCC1)c1ccccc1. The molecule has 1 aliphatic rings. The molecule has 0 aromatic heterocycles. The summed E-state index contributed by atoms with van der Waals surface area (Å²) >= 11 is 0. The highest BCUT2D eigenvalue weighted by Gasteiger charge is 2.10. The van der Waals surface area contributed by atoms with Crippen molar-refractivity contribution in [2.45, 2.75) is 19.3 Å². The first-order valence-electron chi connectivity index (χ1n) is 6.07. The Morgan fingerprint density at radius 1 is 1.18 bits per heavy atom. The molecule has 0 bridgehead atoms. The summed E-state index contributed by atoms with van der Waals surface area (Å²) in [5, 5.41) is 4.67. The highest BCUT2D eigenvalue weighted by atomic mass is 16.7. The standard InChI is InChI=1S/C13H18N2O2/c16-13(12-7-3-1-4-8-12)14-11-17-15-9-5-2-6-10-15/h1,3-4,7-8H,2,5-6,9-11H2,(H,14,16). The molecule has 1 aromatic carbocycles. The molecule has 1 heterocycles. The Hall–Kier alpha value is -1.39. The maximum absolute atomic E-state index is 11.7. The number of hydrogen-bond acceptors (Lipinski definition) is 3. The number of carbonyl (C=O) groups is 1. The number of nitrogens with zero attached hydrogens (tertiary/aromatic N) is 1. The zero-order valence-corrected chi connectivity index (χ0v) is 9.89. The summed E-state index contributed by atoms with van der Waals surface area (Å²) in [6.45, 7) is 2.16. The summed E-state index contributed by atoms with van der Waals surface area (Å²) in [6, 6.07) is 9.16. The monoisotopic (exact) mass is 234 g/mol. The van der Waals surface area contributed by atoms with E-state index in [1.807, 2.05) is 23.3 Å². The molecule has 92 valence electrons. The maximum atomic E-state index is 11.7. The summed E-state index contributed by atoms with van der Waals surface area (Å²) in [6.07, 6.45) is 3.62. The van der Waals surface area contributed by atoms with Gasteiger partial charge in [-0.25, -0.2) is 0 Å². The number of hydrogen-bond donors (Lipinski definition) is 1. The Morgan fingerprint density at radius 2 is 1.88 bits per heavy atom. The third-order valence-electron chi connectivity index (χ3n) is 2.83. The largest absolute Gasteiger partial charge is 0.327 e. The Kier molecular flexibility index (Phi) is 4.53. The molecule has 0 unspecified atom stereocenters. The average Bonchev–Trinajstić information content (AvgIpc) is 2.41. The number of nitrogens with one attached hydrogen (secondary N) is 1. The summed E-state index contributed by atoms with van der Waals surface area (Å²) in [7, 11) is 0. The van der Waals surface area contributed by atoms with Crippen LogP contribution in [-0.4, -0.2) is 30.8 Å². The van der Waals surface area contributed by atoms with Gasteiger partial charge in [0, 0.05) is 18.7 Å². The molecule has 0 spiro atoms. The van der Waals surface area contributed by atoms with Gasteiger partial charge in [0.05, 0.1) is 0 Å². The van der Waals surface area contributed by atoms with Gasteiger partial charge in [0.2, 0.25) is 0 Å². The van der Waals surface area contributed by atoms with E-state index in [1.165, 1.54) is 19.3 Å². The van der Waals surface area contributed by atoms with Gasteiger partial charge >= 0.3 is 0 Å². The van der Waals surface area contributed by atoms with Gasteiger partial charge in [0.25, 0.3) is 5.91 Å². The molecule has 1 aliphatic heterocycles. The van der Waals surface area contributed by atoms with Gasteiger partial charge in [-0.2, -0.15) is 5.06 Å². The smallest absolute Gasteiger partial charge is 0.253 e. The van der Waals surface area contributed by atoms with Crippen LogP contribution in [0.2, 0.25) is 0 Å². The first kappa shape index (κ1) is 12.1. The predicted molar refractivity (Wildman–Crippen MR) is 65.3 cm³/mol. The van der Waals surface area contributed by atoms with Crippen molar-refractivity contribution in [1.29, 1.82) is 0 Å². The first-order chi connectivity index (χ1) is 8.36. The molecule has 0 atom stereocenters. The number of hydroxylamine groups is 2. The Balaban J connectivity index is 1.69. The normalized spacial score (nSPS) is 16.7. The number of benzene rings is 1. The Labute approximate surface area is 102 Å². The van der Waals surface area contributed by atoms with Crippen LogP contribution in [0.25, 0.3) is 0 Å². The fraction of sp³-hybridized carbons (Fsp3) is 0.462. The molecule has 4 heteroatoms. The maximum Gasteiger partial charge on any atom is 0.253 e. The zero-order chi connectivity index (χ0) is 11.9. The fourth-order valence-corrected chi connectivity index (χ4v) is 1.87. The van der Waals surface area contributed by atoms with Crippen molar-refractivity contribution >= 4 is 5.91 Å². The van der Waals surface area contributed by atoms with Gasteiger partial charge in [-0.15, -0.1) is 0 Å². The lowest BCUT2D eigenvalue weighted by Gasteiger charge is -2.25. The van der Waals surface area contributed by atoms with E-state index in [0.717, 1.165) is 13.1 Å². The van der Waals surface area contributed by atoms with Crippen LogP contribution in [0.1, 0.15) is 29.6 Å². The molecular formula is C13H18N2O2. The van der Waals surface area contributed by atoms with Crippen molar-refractivity contribution in [3.8, 4) is 0 Å². The van der Waals surface area contributed by atoms with E-state index in [1.54, 1.807) is 12.1 Å². The summed E-state index contributed by atoms with van der Waals surface area (Å²) < 4.78 is 0. The quantitative estimate of drug-likeness (QED) is 0.808. The second-order valence-electron chi connectivity index (χ2n) is 4.14. The van der Waals surface area contributed by atoms with E-state index in [0.29, 0.717) is 5.56 Å². The topological polar surface area (TPSA) is 41.6 Å². The van der Waals surface area contributed by atoms with Crippen molar-refractivity contribution in [2.24, 2.45) is 0 Å². The summed E-state index contributed by atoms with van der Waals surface area (Å²) in [4.78, 5) is 17.2. The highest BCUT2D eigenvalue weighted by Crippen LogP contribution is 2.08. The van der Waals surface area contributed by atoms with Crippen molar-refractivity contribution in [1.82, 2.24) is 10.4 Å². The van der Waals surface area contributed by atoms with Gasteiger partial charge in [0.1, 0.15) is 6.73 Å². The number of rotatable bonds is 4. The van der Waals surface area contributed by atoms with Crippen LogP contribution < -0.4 is 5.32 Å². The van der Waals surface area contributed by atoms with Gasteiger partial charge in [-0.3, -0.25) is 9.63 Å². The van der Waals surface area contributed by atoms with Gasteiger partial charge < -0.3 is 5.32 Å². The molecule has 17 heavy (non-hydrogen) atoms. The van der Waals surface area contributed by atoms with Crippen molar-refractivity contribution in [3.05, 3.63) is 35.9 Å². The molecule has 0 aliphatic carbocycles. The Bertz CT molecular complexity index is 348. The molecule has 0 radical (unpaired) electrons. The van der Waals surface area contributed by atoms with Gasteiger partial charge in [0.15, 0.2) is 0 Å². The third kappa shape index (κ3) is 3.84. The van der Waals surface area contributed by atoms with Crippen LogP contribution in [0.15, 0.2) is 30.3 Å². The molecule has 1 aromatic rings. The van der Waals surface area contributed by atoms with E-state index >= 15 is 0 Å². The van der Waals surface area contributed by atoms with E-state index in [4.69, 9.17) is 4.84 Å². The summed E-state index contributed by atoms with van der Waals surface area (Å²) in [5.41, 5.74) is 0.662. The molecule has 1 amide bonds. The van der Waals surface area contributed by atoms with E-state index in [2.05, 4.69) is 5.32 Å². The second kappa shape index (κ2) is 6.37. The average molecular weight is 234 g/mol. The molecule has 0 saturated carbocycles. The molecule has 4 nitrogen and oxygen atoms in total. The van der Waals surface area contributed by atoms with Crippen LogP contribution in [-0.2, 0) is 4.84 Å². The molecule has 1 saturated heterocycles. The lowest BCUT2D eigenvalue weighted by molar-refractivity contribution is -0.171. The minimum Gasteiger partial charge on any atom is -0.327 e. The number of carbonyl (C=O) groups excluding carboxylic acids is 1. The van der Waals surface area contributed by atoms with E-state index in [9.17, 15) is 4.79 Å². The van der Waals surface area contributed by atoms with Crippen LogP contribution in [0.3, 0.4) is 0 Å². The van der Waals surface area contributed by atoms with Crippen LogP contribution in [0.4, 0.5) is 0 Å². The van der Waals surface area contributed by atoms with E-state index in [-0.39, 0.29) is 12.6 Å². The first-order valence-corrected chi connectivity index (χ1v) is 6.07. The number of piperidine rings is 1. The lowest BCUT2D eigenvalue weighted by atomic mass is 10.2. The van der Waals surface area contributed by atoms with E-state index < -0.39 is 0 Å². The van der Waals surface area contributed by atoms with Gasteiger partial charge in [-0.05, 0) is 25.0 Å². The van der Waals surface area contributed by atoms with Crippen LogP contribution >= 0.6 is 0 Å². The van der Waals surface area contributed by atoms with Gasteiger partial charge in [-0.1, -0.05) is 24.6 Å². The zero-order valence-electron chi connectivity index (χ0n) is 9.89. The van der Waals surface area contributed by atoms with Crippen LogP contribution in [0, 0.1) is 0 Å². The molecule has 1 fully saturated rings. The minimum atomic E-state index is -0.0948. The van der Waals surface area contributed by atoms with Crippen LogP contribution in [0.5, 0.6) is 0 Å². The number of amides is 1. The second-order valence-corrected chi connectivity index (χ2v) is 4.14. The highest BCUT2D eigenvalue weighted by molar-refractivity contribution is 5.93. The summed E-state index contributed by atoms with van der Waals surface area (Å²) in [5.74, 6) is -0.0948. The van der Waals surface area contributed by atoms with Crippen molar-refractivity contribution in [3.63, 3.8) is 0 Å². The molecular weight excluding hydrogens is 216 g/mol. The fourth-order valence-electron chi connectivity index (χ4n) is 1.87. The van der Waals surface area contributed by atoms with Crippen molar-refractivity contribution in [2.75, 3.05) is 19.8 Å². The lowest BCUT2D eigenvalue weighted by Crippen LogP contribution is -2.35. The molecule has 1 N–H and O–H groups in total. The Morgan fingerprint density at radius 3 is 2.59 bits per heavy atom. The third-order valence-corrected chi connectivity index (χ3v) is 2.83. The molecule has 2 rings (SSSR count).